The SMILES string of the molecule is CC[Si](CC)(CC)[C@H]1C(=O)O[C@H](COCc2ccccc2)[C@H]1OCc1ccccc1. The molecule has 0 saturated carbocycles. The summed E-state index contributed by atoms with van der Waals surface area (Å²) in [5.41, 5.74) is 2.09. The summed E-state index contributed by atoms with van der Waals surface area (Å²) in [6.45, 7) is 8.01. The summed E-state index contributed by atoms with van der Waals surface area (Å²) >= 11 is 0. The van der Waals surface area contributed by atoms with Crippen LogP contribution in [0, 0.1) is 0 Å². The van der Waals surface area contributed by atoms with Crippen LogP contribution < -0.4 is 0 Å². The molecule has 0 amide bonds. The van der Waals surface area contributed by atoms with Crippen molar-refractivity contribution in [2.75, 3.05) is 6.61 Å². The maximum atomic E-state index is 13.0. The average Bonchev–Trinajstić information content (AvgIpc) is 3.11. The molecule has 3 atom stereocenters. The molecule has 0 N–H and O–H groups in total. The Morgan fingerprint density at radius 2 is 1.37 bits per heavy atom. The van der Waals surface area contributed by atoms with Crippen LogP contribution in [-0.4, -0.2) is 32.9 Å². The van der Waals surface area contributed by atoms with Gasteiger partial charge in [0.2, 0.25) is 0 Å². The van der Waals surface area contributed by atoms with Crippen molar-refractivity contribution in [3.05, 3.63) is 71.8 Å². The second-order valence-electron chi connectivity index (χ2n) is 8.14. The molecule has 0 aromatic heterocycles. The minimum Gasteiger partial charge on any atom is -0.457 e. The minimum absolute atomic E-state index is 0.0846. The molecule has 0 aliphatic carbocycles. The number of hydrogen-bond acceptors (Lipinski definition) is 4. The maximum Gasteiger partial charge on any atom is 0.309 e. The highest BCUT2D eigenvalue weighted by Crippen LogP contribution is 2.44. The topological polar surface area (TPSA) is 44.8 Å². The first-order valence-electron chi connectivity index (χ1n) is 11.1. The Kier molecular flexibility index (Phi) is 8.25. The summed E-state index contributed by atoms with van der Waals surface area (Å²) in [5, 5.41) is 0. The number of hydrogen-bond donors (Lipinski definition) is 0. The molecule has 5 heteroatoms. The van der Waals surface area contributed by atoms with E-state index >= 15 is 0 Å². The third-order valence-electron chi connectivity index (χ3n) is 6.67. The van der Waals surface area contributed by atoms with E-state index in [2.05, 4.69) is 32.9 Å². The molecule has 4 nitrogen and oxygen atoms in total. The Balaban J connectivity index is 1.74. The van der Waals surface area contributed by atoms with E-state index in [1.165, 1.54) is 0 Å². The van der Waals surface area contributed by atoms with Crippen LogP contribution in [0.1, 0.15) is 31.9 Å². The molecule has 0 bridgehead atoms. The van der Waals surface area contributed by atoms with Crippen molar-refractivity contribution in [2.24, 2.45) is 0 Å². The Bertz CT molecular complexity index is 768. The van der Waals surface area contributed by atoms with Gasteiger partial charge < -0.3 is 14.2 Å². The molecule has 1 aliphatic heterocycles. The number of esters is 1. The molecular weight excluding hydrogens is 392 g/mol. The molecule has 3 rings (SSSR count). The zero-order chi connectivity index (χ0) is 21.4. The molecule has 1 saturated heterocycles. The molecular formula is C25H34O4Si. The summed E-state index contributed by atoms with van der Waals surface area (Å²) in [4.78, 5) is 13.0. The third-order valence-corrected chi connectivity index (χ3v) is 12.8. The van der Waals surface area contributed by atoms with E-state index in [4.69, 9.17) is 14.2 Å². The van der Waals surface area contributed by atoms with Gasteiger partial charge in [-0.25, -0.2) is 0 Å². The van der Waals surface area contributed by atoms with Crippen LogP contribution in [0.4, 0.5) is 0 Å². The van der Waals surface area contributed by atoms with E-state index in [0.29, 0.717) is 19.8 Å². The summed E-state index contributed by atoms with van der Waals surface area (Å²) in [6.07, 6.45) is -0.605. The third kappa shape index (κ3) is 5.20. The first-order chi connectivity index (χ1) is 14.6. The molecule has 0 spiro atoms. The molecule has 1 aliphatic rings. The normalized spacial score (nSPS) is 21.6. The predicted molar refractivity (Wildman–Crippen MR) is 122 cm³/mol. The van der Waals surface area contributed by atoms with Crippen molar-refractivity contribution in [1.29, 1.82) is 0 Å². The van der Waals surface area contributed by atoms with Gasteiger partial charge in [-0.15, -0.1) is 0 Å². The van der Waals surface area contributed by atoms with Crippen LogP contribution in [0.15, 0.2) is 60.7 Å². The first-order valence-corrected chi connectivity index (χ1v) is 13.8. The molecule has 2 aromatic rings. The van der Waals surface area contributed by atoms with Crippen LogP contribution in [0.25, 0.3) is 0 Å². The fraction of sp³-hybridized carbons (Fsp3) is 0.480. The van der Waals surface area contributed by atoms with Gasteiger partial charge in [-0.2, -0.15) is 0 Å². The van der Waals surface area contributed by atoms with Crippen LogP contribution >= 0.6 is 0 Å². The predicted octanol–water partition coefficient (Wildman–Crippen LogP) is 5.59. The van der Waals surface area contributed by atoms with E-state index in [-0.39, 0.29) is 23.7 Å². The molecule has 2 aromatic carbocycles. The molecule has 0 unspecified atom stereocenters. The summed E-state index contributed by atoms with van der Waals surface area (Å²) < 4.78 is 18.2. The lowest BCUT2D eigenvalue weighted by atomic mass is 10.1. The lowest BCUT2D eigenvalue weighted by molar-refractivity contribution is -0.145. The average molecular weight is 427 g/mol. The Morgan fingerprint density at radius 3 is 1.90 bits per heavy atom. The second kappa shape index (κ2) is 10.9. The molecule has 30 heavy (non-hydrogen) atoms. The van der Waals surface area contributed by atoms with Crippen LogP contribution in [0.5, 0.6) is 0 Å². The zero-order valence-electron chi connectivity index (χ0n) is 18.4. The van der Waals surface area contributed by atoms with Crippen molar-refractivity contribution in [2.45, 2.75) is 69.9 Å². The number of carbonyl (C=O) groups excluding carboxylic acids is 1. The highest BCUT2D eigenvalue weighted by molar-refractivity contribution is 6.84. The largest absolute Gasteiger partial charge is 0.457 e. The van der Waals surface area contributed by atoms with Gasteiger partial charge in [-0.3, -0.25) is 4.79 Å². The van der Waals surface area contributed by atoms with Crippen molar-refractivity contribution < 1.29 is 19.0 Å². The second-order valence-corrected chi connectivity index (χ2v) is 13.6. The lowest BCUT2D eigenvalue weighted by Gasteiger charge is -2.35. The monoisotopic (exact) mass is 426 g/mol. The summed E-state index contributed by atoms with van der Waals surface area (Å²) in [6, 6.07) is 23.4. The summed E-state index contributed by atoms with van der Waals surface area (Å²) in [5.74, 6) is -0.0846. The van der Waals surface area contributed by atoms with Gasteiger partial charge in [0.25, 0.3) is 0 Å². The molecule has 1 fully saturated rings. The zero-order valence-corrected chi connectivity index (χ0v) is 19.4. The number of carbonyl (C=O) groups is 1. The summed E-state index contributed by atoms with van der Waals surface area (Å²) in [7, 11) is -1.85. The Hall–Kier alpha value is -1.95. The van der Waals surface area contributed by atoms with Gasteiger partial charge in [-0.05, 0) is 11.1 Å². The van der Waals surface area contributed by atoms with E-state index in [0.717, 1.165) is 29.3 Å². The van der Waals surface area contributed by atoms with E-state index in [1.54, 1.807) is 0 Å². The number of cyclic esters (lactones) is 1. The highest BCUT2D eigenvalue weighted by Gasteiger charge is 2.55. The van der Waals surface area contributed by atoms with Crippen LogP contribution in [0.2, 0.25) is 23.7 Å². The van der Waals surface area contributed by atoms with Gasteiger partial charge in [0, 0.05) is 0 Å². The number of rotatable bonds is 11. The quantitative estimate of drug-likeness (QED) is 0.347. The van der Waals surface area contributed by atoms with E-state index in [1.807, 2.05) is 48.5 Å². The Morgan fingerprint density at radius 1 is 0.833 bits per heavy atom. The lowest BCUT2D eigenvalue weighted by Crippen LogP contribution is -2.46. The van der Waals surface area contributed by atoms with Crippen LogP contribution in [-0.2, 0) is 32.2 Å². The number of benzene rings is 2. The van der Waals surface area contributed by atoms with Gasteiger partial charge in [0.15, 0.2) is 6.10 Å². The molecule has 162 valence electrons. The fourth-order valence-electron chi connectivity index (χ4n) is 4.61. The molecule has 0 radical (unpaired) electrons. The van der Waals surface area contributed by atoms with Crippen molar-refractivity contribution in [3.8, 4) is 0 Å². The van der Waals surface area contributed by atoms with Gasteiger partial charge in [-0.1, -0.05) is 99.6 Å². The van der Waals surface area contributed by atoms with Gasteiger partial charge >= 0.3 is 5.97 Å². The first kappa shape index (κ1) is 22.7. The fourth-order valence-corrected chi connectivity index (χ4v) is 9.01. The van der Waals surface area contributed by atoms with Crippen molar-refractivity contribution in [3.63, 3.8) is 0 Å². The standard InChI is InChI=1S/C25H34O4Si/c1-4-30(5-2,6-3)24-23(28-18-21-15-11-8-12-16-21)22(29-25(24)26)19-27-17-20-13-9-7-10-14-20/h7-16,22-24H,4-6,17-19H2,1-3H3/t22-,23-,24-/m1/s1. The van der Waals surface area contributed by atoms with Crippen molar-refractivity contribution in [1.82, 2.24) is 0 Å². The minimum atomic E-state index is -1.85. The van der Waals surface area contributed by atoms with E-state index < -0.39 is 8.07 Å². The van der Waals surface area contributed by atoms with Gasteiger partial charge in [0.05, 0.1) is 33.4 Å². The number of ether oxygens (including phenoxy) is 3. The smallest absolute Gasteiger partial charge is 0.309 e. The van der Waals surface area contributed by atoms with Gasteiger partial charge in [0.1, 0.15) is 6.10 Å². The molecule has 1 heterocycles. The highest BCUT2D eigenvalue weighted by atomic mass is 28.3. The van der Waals surface area contributed by atoms with Crippen LogP contribution in [0.3, 0.4) is 0 Å². The van der Waals surface area contributed by atoms with E-state index in [9.17, 15) is 4.79 Å². The van der Waals surface area contributed by atoms with Crippen molar-refractivity contribution >= 4 is 14.0 Å². The Labute approximate surface area is 181 Å². The maximum absolute atomic E-state index is 13.0.